The van der Waals surface area contributed by atoms with E-state index in [4.69, 9.17) is 29.5 Å². The molecule has 0 saturated heterocycles. The van der Waals surface area contributed by atoms with Crippen LogP contribution in [0.4, 0.5) is 0 Å². The molecule has 15 heavy (non-hydrogen) atoms. The van der Waals surface area contributed by atoms with Gasteiger partial charge in [0.1, 0.15) is 8.64 Å². The maximum absolute atomic E-state index is 7.57. The normalized spacial score (nSPS) is 8.67. The predicted molar refractivity (Wildman–Crippen MR) is 80.5 cm³/mol. The highest BCUT2D eigenvalue weighted by molar-refractivity contribution is 8.89. The Morgan fingerprint density at radius 2 is 1.20 bits per heavy atom. The highest BCUT2D eigenvalue weighted by Crippen LogP contribution is 2.26. The van der Waals surface area contributed by atoms with E-state index in [0.29, 0.717) is 0 Å². The largest absolute Gasteiger partial charge is 0.397 e. The Kier molecular flexibility index (Phi) is 13.0. The second kappa shape index (κ2) is 10.9. The number of hydrogen-bond donors (Lipinski definition) is 1. The van der Waals surface area contributed by atoms with Crippen LogP contribution < -0.4 is 0 Å². The quantitative estimate of drug-likeness (QED) is 0.538. The molecule has 7 heteroatoms. The zero-order valence-electron chi connectivity index (χ0n) is 9.68. The summed E-state index contributed by atoms with van der Waals surface area (Å²) in [4.78, 5) is 3.79. The maximum atomic E-state index is 7.57. The van der Waals surface area contributed by atoms with Crippen molar-refractivity contribution in [3.05, 3.63) is 0 Å². The molecular formula is C8H18N2OS4. The summed E-state index contributed by atoms with van der Waals surface area (Å²) in [6.45, 7) is 1.93. The van der Waals surface area contributed by atoms with Crippen molar-refractivity contribution in [3.63, 3.8) is 0 Å². The van der Waals surface area contributed by atoms with Gasteiger partial charge in [-0.15, -0.1) is 0 Å². The van der Waals surface area contributed by atoms with Crippen molar-refractivity contribution < 1.29 is 5.11 Å². The monoisotopic (exact) mass is 286 g/mol. The van der Waals surface area contributed by atoms with E-state index < -0.39 is 0 Å². The number of aliphatic hydroxyl groups excluding tert-OH is 1. The minimum absolute atomic E-state index is 0.250. The molecule has 1 N–H and O–H groups in total. The van der Waals surface area contributed by atoms with E-state index in [2.05, 4.69) is 0 Å². The van der Waals surface area contributed by atoms with Crippen molar-refractivity contribution in [1.82, 2.24) is 9.80 Å². The fourth-order valence-corrected chi connectivity index (χ4v) is 2.60. The van der Waals surface area contributed by atoms with E-state index in [1.54, 1.807) is 6.92 Å². The molecule has 90 valence electrons. The van der Waals surface area contributed by atoms with Gasteiger partial charge in [-0.25, -0.2) is 0 Å². The third kappa shape index (κ3) is 12.4. The van der Waals surface area contributed by atoms with Gasteiger partial charge in [-0.1, -0.05) is 24.4 Å². The SMILES string of the molecule is CCO.CN(C)C(=S)SSC(=S)N(C)C. The fraction of sp³-hybridized carbons (Fsp3) is 0.750. The summed E-state index contributed by atoms with van der Waals surface area (Å²) in [7, 11) is 10.7. The van der Waals surface area contributed by atoms with E-state index in [0.717, 1.165) is 8.64 Å². The van der Waals surface area contributed by atoms with Crippen LogP contribution >= 0.6 is 46.0 Å². The summed E-state index contributed by atoms with van der Waals surface area (Å²) in [6, 6.07) is 0. The van der Waals surface area contributed by atoms with Gasteiger partial charge in [0.05, 0.1) is 0 Å². The second-order valence-corrected chi connectivity index (χ2v) is 6.20. The number of thiocarbonyl (C=S) groups is 2. The zero-order chi connectivity index (χ0) is 12.4. The Morgan fingerprint density at radius 1 is 1.00 bits per heavy atom. The molecule has 0 saturated carbocycles. The van der Waals surface area contributed by atoms with Gasteiger partial charge in [0.15, 0.2) is 0 Å². The van der Waals surface area contributed by atoms with Crippen molar-refractivity contribution >= 4 is 54.7 Å². The first-order valence-corrected chi connectivity index (χ1v) is 7.21. The Hall–Kier alpha value is 0.440. The van der Waals surface area contributed by atoms with Crippen molar-refractivity contribution in [3.8, 4) is 0 Å². The Balaban J connectivity index is 0. The van der Waals surface area contributed by atoms with Gasteiger partial charge in [0.2, 0.25) is 0 Å². The minimum atomic E-state index is 0.250. The first-order chi connectivity index (χ1) is 6.86. The van der Waals surface area contributed by atoms with E-state index in [1.807, 2.05) is 38.0 Å². The van der Waals surface area contributed by atoms with Crippen LogP contribution in [-0.4, -0.2) is 58.3 Å². The lowest BCUT2D eigenvalue weighted by atomic mass is 10.9. The summed E-state index contributed by atoms with van der Waals surface area (Å²) >= 11 is 10.1. The number of nitrogens with zero attached hydrogens (tertiary/aromatic N) is 2. The van der Waals surface area contributed by atoms with Gasteiger partial charge < -0.3 is 14.9 Å². The third-order valence-corrected chi connectivity index (χ3v) is 5.07. The van der Waals surface area contributed by atoms with Crippen LogP contribution in [0.5, 0.6) is 0 Å². The first-order valence-electron chi connectivity index (χ1n) is 4.24. The molecule has 0 atom stereocenters. The molecule has 0 rings (SSSR count). The van der Waals surface area contributed by atoms with Crippen LogP contribution in [0.15, 0.2) is 0 Å². The zero-order valence-corrected chi connectivity index (χ0v) is 12.9. The van der Waals surface area contributed by atoms with Crippen LogP contribution in [0.2, 0.25) is 0 Å². The van der Waals surface area contributed by atoms with Crippen LogP contribution in [0.1, 0.15) is 6.92 Å². The second-order valence-electron chi connectivity index (χ2n) is 2.80. The number of aliphatic hydroxyl groups is 1. The molecule has 0 heterocycles. The molecule has 3 nitrogen and oxygen atoms in total. The molecule has 0 aromatic rings. The molecule has 0 aliphatic carbocycles. The lowest BCUT2D eigenvalue weighted by molar-refractivity contribution is 0.318. The van der Waals surface area contributed by atoms with Crippen molar-refractivity contribution in [1.29, 1.82) is 0 Å². The van der Waals surface area contributed by atoms with Gasteiger partial charge >= 0.3 is 0 Å². The lowest BCUT2D eigenvalue weighted by Gasteiger charge is -2.15. The summed E-state index contributed by atoms with van der Waals surface area (Å²) < 4.78 is 1.67. The van der Waals surface area contributed by atoms with Crippen LogP contribution in [0, 0.1) is 0 Å². The summed E-state index contributed by atoms with van der Waals surface area (Å²) in [5.74, 6) is 0. The van der Waals surface area contributed by atoms with Crippen molar-refractivity contribution in [2.45, 2.75) is 6.92 Å². The van der Waals surface area contributed by atoms with E-state index in [-0.39, 0.29) is 6.61 Å². The van der Waals surface area contributed by atoms with Crippen molar-refractivity contribution in [2.75, 3.05) is 34.8 Å². The summed E-state index contributed by atoms with van der Waals surface area (Å²) in [6.07, 6.45) is 0. The molecule has 0 fully saturated rings. The molecular weight excluding hydrogens is 268 g/mol. The standard InChI is InChI=1S/C6H12N2S4.C2H6O/c1-7(2)5(9)11-12-6(10)8(3)4;1-2-3/h1-4H3;3H,2H2,1H3. The smallest absolute Gasteiger partial charge is 0.146 e. The average Bonchev–Trinajstić information content (AvgIpc) is 2.14. The Bertz CT molecular complexity index is 177. The number of rotatable bonds is 0. The number of hydrogen-bond acceptors (Lipinski definition) is 5. The van der Waals surface area contributed by atoms with E-state index >= 15 is 0 Å². The third-order valence-electron chi connectivity index (χ3n) is 0.915. The van der Waals surface area contributed by atoms with Crippen LogP contribution in [-0.2, 0) is 0 Å². The predicted octanol–water partition coefficient (Wildman–Crippen LogP) is 2.06. The molecule has 0 spiro atoms. The molecule has 0 aromatic carbocycles. The molecule has 0 unspecified atom stereocenters. The highest BCUT2D eigenvalue weighted by Gasteiger charge is 2.04. The Labute approximate surface area is 111 Å². The maximum Gasteiger partial charge on any atom is 0.146 e. The average molecular weight is 287 g/mol. The van der Waals surface area contributed by atoms with E-state index in [9.17, 15) is 0 Å². The molecule has 0 aromatic heterocycles. The molecule has 0 amide bonds. The summed E-state index contributed by atoms with van der Waals surface area (Å²) in [5, 5.41) is 7.57. The Morgan fingerprint density at radius 3 is 1.33 bits per heavy atom. The van der Waals surface area contributed by atoms with Gasteiger partial charge in [0.25, 0.3) is 0 Å². The molecule has 0 bridgehead atoms. The van der Waals surface area contributed by atoms with Crippen LogP contribution in [0.25, 0.3) is 0 Å². The summed E-state index contributed by atoms with van der Waals surface area (Å²) in [5.41, 5.74) is 0. The van der Waals surface area contributed by atoms with Gasteiger partial charge in [-0.2, -0.15) is 0 Å². The van der Waals surface area contributed by atoms with Gasteiger partial charge in [-0.3, -0.25) is 0 Å². The van der Waals surface area contributed by atoms with Gasteiger partial charge in [-0.05, 0) is 28.5 Å². The fourth-order valence-electron chi connectivity index (χ4n) is 0.220. The topological polar surface area (TPSA) is 26.7 Å². The van der Waals surface area contributed by atoms with Gasteiger partial charge in [0, 0.05) is 34.8 Å². The molecule has 0 aliphatic heterocycles. The molecule has 0 aliphatic rings. The minimum Gasteiger partial charge on any atom is -0.397 e. The highest BCUT2D eigenvalue weighted by atomic mass is 33.1. The van der Waals surface area contributed by atoms with Crippen LogP contribution in [0.3, 0.4) is 0 Å². The van der Waals surface area contributed by atoms with E-state index in [1.165, 1.54) is 21.6 Å². The van der Waals surface area contributed by atoms with Crippen molar-refractivity contribution in [2.24, 2.45) is 0 Å². The lowest BCUT2D eigenvalue weighted by Crippen LogP contribution is -2.18. The molecule has 0 radical (unpaired) electrons. The first kappa shape index (κ1) is 17.8.